The van der Waals surface area contributed by atoms with Crippen LogP contribution in [-0.2, 0) is 10.0 Å². The molecule has 3 rings (SSSR count). The van der Waals surface area contributed by atoms with E-state index in [1.165, 1.54) is 28.6 Å². The van der Waals surface area contributed by atoms with Crippen molar-refractivity contribution in [2.45, 2.75) is 11.0 Å². The minimum atomic E-state index is -3.67. The Hall–Kier alpha value is -2.07. The zero-order chi connectivity index (χ0) is 20.1. The molecule has 2 aromatic rings. The molecule has 0 amide bonds. The van der Waals surface area contributed by atoms with Gasteiger partial charge in [-0.2, -0.15) is 4.31 Å². The van der Waals surface area contributed by atoms with Gasteiger partial charge >= 0.3 is 0 Å². The van der Waals surface area contributed by atoms with E-state index in [2.05, 4.69) is 0 Å². The number of halogens is 2. The molecule has 1 saturated heterocycles. The maximum absolute atomic E-state index is 13.5. The number of hydrogen-bond acceptors (Lipinski definition) is 5. The molecule has 1 aliphatic heterocycles. The Labute approximate surface area is 163 Å². The monoisotopic (exact) mass is 412 g/mol. The van der Waals surface area contributed by atoms with Gasteiger partial charge in [-0.15, -0.1) is 0 Å². The first-order chi connectivity index (χ1) is 13.4. The van der Waals surface area contributed by atoms with Crippen molar-refractivity contribution < 1.29 is 27.0 Å². The van der Waals surface area contributed by atoms with Gasteiger partial charge in [0.2, 0.25) is 10.0 Å². The predicted molar refractivity (Wildman–Crippen MR) is 99.5 cm³/mol. The van der Waals surface area contributed by atoms with E-state index in [0.29, 0.717) is 19.6 Å². The zero-order valence-electron chi connectivity index (χ0n) is 15.2. The van der Waals surface area contributed by atoms with E-state index in [1.54, 1.807) is 12.1 Å². The number of benzene rings is 2. The lowest BCUT2D eigenvalue weighted by molar-refractivity contribution is 0.0557. The molecule has 9 heteroatoms. The van der Waals surface area contributed by atoms with Crippen molar-refractivity contribution in [2.24, 2.45) is 0 Å². The average Bonchev–Trinajstić information content (AvgIpc) is 2.68. The summed E-state index contributed by atoms with van der Waals surface area (Å²) in [7, 11) is -3.67. The lowest BCUT2D eigenvalue weighted by Gasteiger charge is -2.34. The highest BCUT2D eigenvalue weighted by Gasteiger charge is 2.29. The van der Waals surface area contributed by atoms with E-state index in [9.17, 15) is 22.3 Å². The Kier molecular flexibility index (Phi) is 6.61. The lowest BCUT2D eigenvalue weighted by atomic mass is 10.3. The number of hydrogen-bond donors (Lipinski definition) is 1. The first kappa shape index (κ1) is 20.7. The molecular formula is C19H22F2N2O4S. The molecule has 0 radical (unpaired) electrons. The molecule has 2 aromatic carbocycles. The minimum absolute atomic E-state index is 0.0562. The van der Waals surface area contributed by atoms with Crippen LogP contribution in [0.1, 0.15) is 0 Å². The fraction of sp³-hybridized carbons (Fsp3) is 0.368. The van der Waals surface area contributed by atoms with Gasteiger partial charge in [-0.05, 0) is 36.4 Å². The molecule has 1 heterocycles. The van der Waals surface area contributed by atoms with Crippen LogP contribution in [0.4, 0.5) is 8.78 Å². The third-order valence-corrected chi connectivity index (χ3v) is 6.43. The molecule has 0 spiro atoms. The van der Waals surface area contributed by atoms with Crippen molar-refractivity contribution in [3.8, 4) is 5.75 Å². The molecular weight excluding hydrogens is 390 g/mol. The molecule has 1 atom stereocenters. The number of para-hydroxylation sites is 1. The minimum Gasteiger partial charge on any atom is -0.488 e. The molecule has 152 valence electrons. The lowest BCUT2D eigenvalue weighted by Crippen LogP contribution is -2.50. The number of ether oxygens (including phenoxy) is 1. The Morgan fingerprint density at radius 3 is 2.29 bits per heavy atom. The van der Waals surface area contributed by atoms with Gasteiger partial charge in [-0.25, -0.2) is 17.2 Å². The first-order valence-electron chi connectivity index (χ1n) is 8.90. The molecule has 0 aliphatic carbocycles. The Morgan fingerprint density at radius 2 is 1.64 bits per heavy atom. The van der Waals surface area contributed by atoms with Crippen molar-refractivity contribution in [1.82, 2.24) is 9.21 Å². The van der Waals surface area contributed by atoms with Crippen LogP contribution in [-0.4, -0.2) is 68.2 Å². The summed E-state index contributed by atoms with van der Waals surface area (Å²) in [6, 6.07) is 10.7. The highest BCUT2D eigenvalue weighted by atomic mass is 32.2. The molecule has 0 unspecified atom stereocenters. The average molecular weight is 412 g/mol. The fourth-order valence-corrected chi connectivity index (χ4v) is 4.43. The number of rotatable bonds is 7. The zero-order valence-corrected chi connectivity index (χ0v) is 16.0. The summed E-state index contributed by atoms with van der Waals surface area (Å²) in [5.41, 5.74) is 0. The summed E-state index contributed by atoms with van der Waals surface area (Å²) in [4.78, 5) is 1.98. The fourth-order valence-electron chi connectivity index (χ4n) is 3.01. The first-order valence-corrected chi connectivity index (χ1v) is 10.3. The molecule has 0 saturated carbocycles. The number of piperazine rings is 1. The Bertz CT molecular complexity index is 885. The number of nitrogens with zero attached hydrogens (tertiary/aromatic N) is 2. The second-order valence-corrected chi connectivity index (χ2v) is 8.49. The van der Waals surface area contributed by atoms with E-state index in [1.807, 2.05) is 4.90 Å². The smallest absolute Gasteiger partial charge is 0.243 e. The van der Waals surface area contributed by atoms with Crippen LogP contribution in [0.3, 0.4) is 0 Å². The van der Waals surface area contributed by atoms with Gasteiger partial charge in [0.15, 0.2) is 11.6 Å². The van der Waals surface area contributed by atoms with Crippen LogP contribution in [0.2, 0.25) is 0 Å². The van der Waals surface area contributed by atoms with E-state index in [0.717, 1.165) is 12.1 Å². The molecule has 1 N–H and O–H groups in total. The second-order valence-electron chi connectivity index (χ2n) is 6.55. The van der Waals surface area contributed by atoms with Crippen molar-refractivity contribution >= 4 is 10.0 Å². The standard InChI is InChI=1S/C19H22F2N2O4S/c20-15-5-7-17(8-6-15)28(25,26)23-11-9-22(10-12-23)13-16(24)14-27-19-4-2-1-3-18(19)21/h1-8,16,24H,9-14H2/t16-/m0/s1. The van der Waals surface area contributed by atoms with Gasteiger partial charge in [0, 0.05) is 32.7 Å². The molecule has 1 aliphatic rings. The Morgan fingerprint density at radius 1 is 1.00 bits per heavy atom. The normalized spacial score (nSPS) is 17.4. The van der Waals surface area contributed by atoms with E-state index in [4.69, 9.17) is 4.74 Å². The summed E-state index contributed by atoms with van der Waals surface area (Å²) in [6.07, 6.45) is -0.833. The third kappa shape index (κ3) is 5.05. The van der Waals surface area contributed by atoms with E-state index in [-0.39, 0.29) is 30.3 Å². The van der Waals surface area contributed by atoms with E-state index >= 15 is 0 Å². The predicted octanol–water partition coefficient (Wildman–Crippen LogP) is 1.71. The summed E-state index contributed by atoms with van der Waals surface area (Å²) in [6.45, 7) is 1.64. The summed E-state index contributed by atoms with van der Waals surface area (Å²) < 4.78 is 58.4. The molecule has 1 fully saturated rings. The van der Waals surface area contributed by atoms with Gasteiger partial charge in [0.1, 0.15) is 18.5 Å². The number of aliphatic hydroxyl groups excluding tert-OH is 1. The van der Waals surface area contributed by atoms with Crippen molar-refractivity contribution in [2.75, 3.05) is 39.3 Å². The molecule has 0 aromatic heterocycles. The van der Waals surface area contributed by atoms with Crippen LogP contribution < -0.4 is 4.74 Å². The van der Waals surface area contributed by atoms with Crippen LogP contribution in [0.15, 0.2) is 53.4 Å². The van der Waals surface area contributed by atoms with Crippen LogP contribution in [0, 0.1) is 11.6 Å². The molecule has 0 bridgehead atoms. The quantitative estimate of drug-likeness (QED) is 0.750. The molecule has 6 nitrogen and oxygen atoms in total. The largest absolute Gasteiger partial charge is 0.488 e. The Balaban J connectivity index is 1.48. The summed E-state index contributed by atoms with van der Waals surface area (Å²) in [5.74, 6) is -0.901. The maximum atomic E-state index is 13.5. The van der Waals surface area contributed by atoms with Crippen LogP contribution >= 0.6 is 0 Å². The van der Waals surface area contributed by atoms with Gasteiger partial charge in [0.25, 0.3) is 0 Å². The van der Waals surface area contributed by atoms with Gasteiger partial charge < -0.3 is 9.84 Å². The van der Waals surface area contributed by atoms with Gasteiger partial charge in [-0.3, -0.25) is 4.90 Å². The van der Waals surface area contributed by atoms with Crippen LogP contribution in [0.25, 0.3) is 0 Å². The number of β-amino-alcohol motifs (C(OH)–C–C–N with tert-alkyl or cyclic N) is 1. The van der Waals surface area contributed by atoms with Gasteiger partial charge in [-0.1, -0.05) is 12.1 Å². The maximum Gasteiger partial charge on any atom is 0.243 e. The van der Waals surface area contributed by atoms with Gasteiger partial charge in [0.05, 0.1) is 4.90 Å². The van der Waals surface area contributed by atoms with Crippen molar-refractivity contribution in [1.29, 1.82) is 0 Å². The summed E-state index contributed by atoms with van der Waals surface area (Å²) in [5, 5.41) is 10.1. The topological polar surface area (TPSA) is 70.1 Å². The highest BCUT2D eigenvalue weighted by Crippen LogP contribution is 2.19. The number of aliphatic hydroxyl groups is 1. The summed E-state index contributed by atoms with van der Waals surface area (Å²) >= 11 is 0. The third-order valence-electron chi connectivity index (χ3n) is 4.52. The van der Waals surface area contributed by atoms with Crippen molar-refractivity contribution in [3.63, 3.8) is 0 Å². The second kappa shape index (κ2) is 8.95. The number of sulfonamides is 1. The molecule has 28 heavy (non-hydrogen) atoms. The van der Waals surface area contributed by atoms with Crippen LogP contribution in [0.5, 0.6) is 5.75 Å². The van der Waals surface area contributed by atoms with E-state index < -0.39 is 27.8 Å². The highest BCUT2D eigenvalue weighted by molar-refractivity contribution is 7.89. The van der Waals surface area contributed by atoms with Crippen molar-refractivity contribution in [3.05, 3.63) is 60.2 Å². The SMILES string of the molecule is O=S(=O)(c1ccc(F)cc1)N1CCN(C[C@H](O)COc2ccccc2F)CC1.